The molecule has 0 N–H and O–H groups in total. The number of hydrogen-bond donors (Lipinski definition) is 0. The maximum absolute atomic E-state index is 2.47. The Hall–Kier alpha value is -5.34. The molecule has 0 saturated heterocycles. The molecule has 0 heterocycles. The topological polar surface area (TPSA) is 6.48 Å². The van der Waals surface area contributed by atoms with Gasteiger partial charge in [0.15, 0.2) is 0 Å². The lowest BCUT2D eigenvalue weighted by Crippen LogP contribution is -2.17. The van der Waals surface area contributed by atoms with Crippen molar-refractivity contribution in [3.05, 3.63) is 161 Å². The SMILES string of the molecule is C/C(=C\C=C(/C(C)C)C(C)(C)C)N(c1ccc(C(C)(C)C)cc1)c1ccc2ccc3c(N(c4ccc(C(C)(C)C)cc4)c4ccc(C(C)(C)C)cc4)ccc4ccc1c2c43. The first-order chi connectivity index (χ1) is 28.0. The minimum atomic E-state index is 0.0672. The van der Waals surface area contributed by atoms with Crippen LogP contribution >= 0.6 is 0 Å². The molecule has 0 unspecified atom stereocenters. The van der Waals surface area contributed by atoms with Crippen molar-refractivity contribution >= 4 is 60.8 Å². The third kappa shape index (κ3) is 8.36. The molecule has 0 aromatic heterocycles. The first kappa shape index (κ1) is 42.8. The van der Waals surface area contributed by atoms with Crippen LogP contribution in [-0.2, 0) is 16.2 Å². The largest absolute Gasteiger partial charge is 0.314 e. The van der Waals surface area contributed by atoms with Gasteiger partial charge >= 0.3 is 0 Å². The predicted octanol–water partition coefficient (Wildman–Crippen LogP) is 17.6. The van der Waals surface area contributed by atoms with Gasteiger partial charge in [0, 0.05) is 33.5 Å². The molecule has 0 spiro atoms. The number of nitrogens with zero attached hydrogens (tertiary/aromatic N) is 2. The van der Waals surface area contributed by atoms with E-state index in [1.165, 1.54) is 71.7 Å². The van der Waals surface area contributed by atoms with E-state index >= 15 is 0 Å². The first-order valence-electron chi connectivity index (χ1n) is 22.1. The third-order valence-corrected chi connectivity index (χ3v) is 12.4. The second-order valence-electron chi connectivity index (χ2n) is 21.5. The highest BCUT2D eigenvalue weighted by Gasteiger charge is 2.25. The quantitative estimate of drug-likeness (QED) is 0.112. The van der Waals surface area contributed by atoms with Crippen LogP contribution in [0.4, 0.5) is 28.4 Å². The summed E-state index contributed by atoms with van der Waals surface area (Å²) in [5, 5.41) is 7.58. The summed E-state index contributed by atoms with van der Waals surface area (Å²) >= 11 is 0. The van der Waals surface area contributed by atoms with Gasteiger partial charge in [-0.2, -0.15) is 0 Å². The molecule has 0 aliphatic heterocycles. The Morgan fingerprint density at radius 2 is 0.800 bits per heavy atom. The second kappa shape index (κ2) is 15.6. The molecule has 7 aromatic carbocycles. The molecule has 0 aliphatic rings. The monoisotopic (exact) mass is 793 g/mol. The fourth-order valence-electron chi connectivity index (χ4n) is 9.05. The summed E-state index contributed by atoms with van der Waals surface area (Å²) < 4.78 is 0. The van der Waals surface area contributed by atoms with Crippen LogP contribution in [0.1, 0.15) is 121 Å². The Labute approximate surface area is 362 Å². The van der Waals surface area contributed by atoms with Crippen molar-refractivity contribution in [1.29, 1.82) is 0 Å². The van der Waals surface area contributed by atoms with Crippen molar-refractivity contribution in [2.45, 2.75) is 120 Å². The molecule has 0 atom stereocenters. The zero-order chi connectivity index (χ0) is 43.5. The molecule has 310 valence electrons. The molecular weight excluding hydrogens is 725 g/mol. The molecule has 7 rings (SSSR count). The average Bonchev–Trinajstić information content (AvgIpc) is 3.17. The zero-order valence-corrected chi connectivity index (χ0v) is 39.2. The maximum Gasteiger partial charge on any atom is 0.0540 e. The third-order valence-electron chi connectivity index (χ3n) is 12.4. The highest BCUT2D eigenvalue weighted by atomic mass is 15.2. The van der Waals surface area contributed by atoms with Gasteiger partial charge in [-0.1, -0.05) is 181 Å². The summed E-state index contributed by atoms with van der Waals surface area (Å²) in [5.41, 5.74) is 12.7. The standard InChI is InChI=1S/C58H68N2/c1-38(2)50(58(13,14)15)35-16-39(3)59(45-27-21-42(22-28-45)55(4,5)6)51-36-19-40-18-34-49-52(37-20-41-17-33-48(51)53(40)54(41)49)60(46-29-23-43(24-30-46)56(7,8)9)47-31-25-44(26-32-47)57(10,11)12/h16-38H,1-15H3/b39-16+,50-35+. The Kier molecular flexibility index (Phi) is 11.1. The molecule has 7 aromatic rings. The Bertz CT molecular complexity index is 2620. The highest BCUT2D eigenvalue weighted by Crippen LogP contribution is 2.47. The summed E-state index contributed by atoms with van der Waals surface area (Å²) in [5.74, 6) is 0.449. The van der Waals surface area contributed by atoms with E-state index in [1.54, 1.807) is 0 Å². The molecular formula is C58H68N2. The van der Waals surface area contributed by atoms with Crippen LogP contribution in [0, 0.1) is 11.3 Å². The molecule has 0 aliphatic carbocycles. The molecule has 60 heavy (non-hydrogen) atoms. The van der Waals surface area contributed by atoms with Crippen molar-refractivity contribution in [2.24, 2.45) is 11.3 Å². The normalized spacial score (nSPS) is 13.6. The zero-order valence-electron chi connectivity index (χ0n) is 39.2. The highest BCUT2D eigenvalue weighted by molar-refractivity contribution is 6.28. The van der Waals surface area contributed by atoms with Crippen molar-refractivity contribution in [3.63, 3.8) is 0 Å². The van der Waals surface area contributed by atoms with Gasteiger partial charge in [0.1, 0.15) is 0 Å². The number of allylic oxidation sites excluding steroid dienone is 4. The van der Waals surface area contributed by atoms with Crippen LogP contribution in [0.25, 0.3) is 32.3 Å². The van der Waals surface area contributed by atoms with Gasteiger partial charge in [0.25, 0.3) is 0 Å². The summed E-state index contributed by atoms with van der Waals surface area (Å²) in [6, 6.07) is 46.2. The van der Waals surface area contributed by atoms with Crippen molar-refractivity contribution in [3.8, 4) is 0 Å². The van der Waals surface area contributed by atoms with E-state index in [1.807, 2.05) is 0 Å². The molecule has 0 fully saturated rings. The minimum Gasteiger partial charge on any atom is -0.314 e. The van der Waals surface area contributed by atoms with Crippen molar-refractivity contribution in [1.82, 2.24) is 0 Å². The molecule has 0 radical (unpaired) electrons. The lowest BCUT2D eigenvalue weighted by Gasteiger charge is -2.31. The Morgan fingerprint density at radius 3 is 1.18 bits per heavy atom. The van der Waals surface area contributed by atoms with Crippen molar-refractivity contribution in [2.75, 3.05) is 9.80 Å². The van der Waals surface area contributed by atoms with E-state index in [0.29, 0.717) is 5.92 Å². The van der Waals surface area contributed by atoms with Gasteiger partial charge in [-0.25, -0.2) is 0 Å². The number of benzene rings is 7. The Morgan fingerprint density at radius 1 is 0.433 bits per heavy atom. The van der Waals surface area contributed by atoms with E-state index in [0.717, 1.165) is 17.1 Å². The van der Waals surface area contributed by atoms with Crippen LogP contribution in [0.2, 0.25) is 0 Å². The van der Waals surface area contributed by atoms with Crippen LogP contribution in [-0.4, -0.2) is 0 Å². The Balaban J connectivity index is 1.47. The smallest absolute Gasteiger partial charge is 0.0540 e. The maximum atomic E-state index is 2.47. The van der Waals surface area contributed by atoms with Crippen LogP contribution < -0.4 is 9.80 Å². The molecule has 2 heteroatoms. The summed E-state index contributed by atoms with van der Waals surface area (Å²) in [6.45, 7) is 34.4. The van der Waals surface area contributed by atoms with E-state index in [-0.39, 0.29) is 21.7 Å². The number of anilines is 5. The summed E-state index contributed by atoms with van der Waals surface area (Å²) in [6.07, 6.45) is 4.71. The van der Waals surface area contributed by atoms with Gasteiger partial charge in [0.05, 0.1) is 11.4 Å². The van der Waals surface area contributed by atoms with E-state index < -0.39 is 0 Å². The van der Waals surface area contributed by atoms with E-state index in [4.69, 9.17) is 0 Å². The average molecular weight is 793 g/mol. The fourth-order valence-corrected chi connectivity index (χ4v) is 9.05. The second-order valence-corrected chi connectivity index (χ2v) is 21.5. The van der Waals surface area contributed by atoms with E-state index in [9.17, 15) is 0 Å². The lowest BCUT2D eigenvalue weighted by atomic mass is 9.80. The number of rotatable bonds is 8. The first-order valence-corrected chi connectivity index (χ1v) is 22.1. The molecule has 0 bridgehead atoms. The van der Waals surface area contributed by atoms with Gasteiger partial charge < -0.3 is 9.80 Å². The predicted molar refractivity (Wildman–Crippen MR) is 266 cm³/mol. The van der Waals surface area contributed by atoms with Crippen LogP contribution in [0.5, 0.6) is 0 Å². The van der Waals surface area contributed by atoms with Crippen LogP contribution in [0.15, 0.2) is 145 Å². The summed E-state index contributed by atoms with van der Waals surface area (Å²) in [4.78, 5) is 4.92. The van der Waals surface area contributed by atoms with Gasteiger partial charge in [0.2, 0.25) is 0 Å². The molecule has 0 saturated carbocycles. The van der Waals surface area contributed by atoms with Gasteiger partial charge in [-0.3, -0.25) is 0 Å². The van der Waals surface area contributed by atoms with Gasteiger partial charge in [-0.15, -0.1) is 0 Å². The van der Waals surface area contributed by atoms with Gasteiger partial charge in [-0.05, 0) is 127 Å². The summed E-state index contributed by atoms with van der Waals surface area (Å²) in [7, 11) is 0. The fraction of sp³-hybridized carbons (Fsp3) is 0.345. The minimum absolute atomic E-state index is 0.0672. The van der Waals surface area contributed by atoms with Crippen LogP contribution in [0.3, 0.4) is 0 Å². The molecule has 2 nitrogen and oxygen atoms in total. The molecule has 0 amide bonds. The number of hydrogen-bond acceptors (Lipinski definition) is 2. The van der Waals surface area contributed by atoms with E-state index in [2.05, 4.69) is 247 Å². The van der Waals surface area contributed by atoms with Crippen molar-refractivity contribution < 1.29 is 0 Å². The lowest BCUT2D eigenvalue weighted by molar-refractivity contribution is 0.448.